The van der Waals surface area contributed by atoms with E-state index >= 15 is 0 Å². The Hall–Kier alpha value is -5.86. The first-order chi connectivity index (χ1) is 32.0. The smallest absolute Gasteiger partial charge is 0.0546 e. The fourth-order valence-electron chi connectivity index (χ4n) is 13.1. The number of fused-ring (bicyclic) bond motifs is 9. The van der Waals surface area contributed by atoms with E-state index in [1.54, 1.807) is 0 Å². The molecular formula is C65H68N2. The Morgan fingerprint density at radius 1 is 0.343 bits per heavy atom. The van der Waals surface area contributed by atoms with Crippen LogP contribution in [0.2, 0.25) is 0 Å². The molecule has 0 aliphatic heterocycles. The van der Waals surface area contributed by atoms with Crippen LogP contribution in [-0.2, 0) is 47.3 Å². The molecule has 0 N–H and O–H groups in total. The molecule has 4 aliphatic rings. The van der Waals surface area contributed by atoms with E-state index in [0.29, 0.717) is 5.92 Å². The maximum atomic E-state index is 2.63. The standard InChI is InChI=1S/C65H68N2/c1-40(2)45-19-24-51-54-38-60(66(46-20-15-41-25-29-62(3,4)56(41)34-46)47-21-16-42-26-30-63(5,6)57(42)35-47)52-14-12-11-13-50(52)53(54)39-61(55(51)33-45)67(48-22-17-43-27-31-64(7,8)58(43)36-48)49-23-18-44-28-32-65(9,10)59(44)37-49/h11-24,33-40H,25-32H2,1-10H3. The molecule has 0 fully saturated rings. The Labute approximate surface area is 400 Å². The Bertz CT molecular complexity index is 3220. The highest BCUT2D eigenvalue weighted by molar-refractivity contribution is 6.24. The summed E-state index contributed by atoms with van der Waals surface area (Å²) in [4.78, 5) is 5.24. The minimum absolute atomic E-state index is 0.134. The van der Waals surface area contributed by atoms with Gasteiger partial charge in [0, 0.05) is 33.5 Å². The zero-order valence-electron chi connectivity index (χ0n) is 41.8. The maximum absolute atomic E-state index is 2.63. The van der Waals surface area contributed by atoms with Gasteiger partial charge in [0.1, 0.15) is 0 Å². The third-order valence-corrected chi connectivity index (χ3v) is 17.5. The molecule has 0 saturated carbocycles. The molecule has 0 amide bonds. The van der Waals surface area contributed by atoms with E-state index < -0.39 is 0 Å². The van der Waals surface area contributed by atoms with E-state index in [4.69, 9.17) is 0 Å². The lowest BCUT2D eigenvalue weighted by Gasteiger charge is -2.32. The summed E-state index contributed by atoms with van der Waals surface area (Å²) in [6.45, 7) is 24.1. The monoisotopic (exact) mass is 877 g/mol. The van der Waals surface area contributed by atoms with Crippen LogP contribution < -0.4 is 9.80 Å². The molecule has 0 spiro atoms. The highest BCUT2D eigenvalue weighted by atomic mass is 15.2. The van der Waals surface area contributed by atoms with Crippen molar-refractivity contribution in [2.24, 2.45) is 0 Å². The highest BCUT2D eigenvalue weighted by Crippen LogP contribution is 2.52. The first-order valence-corrected chi connectivity index (χ1v) is 25.5. The van der Waals surface area contributed by atoms with Crippen molar-refractivity contribution in [2.75, 3.05) is 9.80 Å². The molecule has 67 heavy (non-hydrogen) atoms. The number of benzene rings is 8. The van der Waals surface area contributed by atoms with E-state index in [9.17, 15) is 0 Å². The van der Waals surface area contributed by atoms with Gasteiger partial charge in [-0.15, -0.1) is 0 Å². The second kappa shape index (κ2) is 14.8. The van der Waals surface area contributed by atoms with Crippen molar-refractivity contribution in [3.05, 3.63) is 177 Å². The normalized spacial score (nSPS) is 18.1. The number of hydrogen-bond acceptors (Lipinski definition) is 2. The van der Waals surface area contributed by atoms with Gasteiger partial charge in [-0.3, -0.25) is 0 Å². The van der Waals surface area contributed by atoms with Gasteiger partial charge in [-0.25, -0.2) is 0 Å². The second-order valence-corrected chi connectivity index (χ2v) is 24.0. The number of nitrogens with zero attached hydrogens (tertiary/aromatic N) is 2. The van der Waals surface area contributed by atoms with Crippen molar-refractivity contribution in [3.8, 4) is 0 Å². The van der Waals surface area contributed by atoms with Crippen molar-refractivity contribution in [1.29, 1.82) is 0 Å². The maximum Gasteiger partial charge on any atom is 0.0546 e. The highest BCUT2D eigenvalue weighted by Gasteiger charge is 2.36. The van der Waals surface area contributed by atoms with Crippen molar-refractivity contribution >= 4 is 66.4 Å². The Morgan fingerprint density at radius 3 is 1.06 bits per heavy atom. The summed E-state index contributed by atoms with van der Waals surface area (Å²) < 4.78 is 0. The average Bonchev–Trinajstić information content (AvgIpc) is 4.01. The van der Waals surface area contributed by atoms with E-state index in [1.165, 1.54) is 142 Å². The Morgan fingerprint density at radius 2 is 0.687 bits per heavy atom. The first-order valence-electron chi connectivity index (χ1n) is 25.5. The lowest BCUT2D eigenvalue weighted by atomic mass is 9.85. The zero-order valence-corrected chi connectivity index (χ0v) is 41.8. The number of hydrogen-bond donors (Lipinski definition) is 0. The van der Waals surface area contributed by atoms with Crippen molar-refractivity contribution in [2.45, 2.75) is 148 Å². The fraction of sp³-hybridized carbons (Fsp3) is 0.354. The number of rotatable bonds is 7. The zero-order chi connectivity index (χ0) is 46.4. The molecule has 2 nitrogen and oxygen atoms in total. The molecule has 0 atom stereocenters. The third-order valence-electron chi connectivity index (χ3n) is 17.5. The third kappa shape index (κ3) is 6.70. The number of aryl methyl sites for hydroxylation is 4. The van der Waals surface area contributed by atoms with Gasteiger partial charge in [-0.2, -0.15) is 0 Å². The van der Waals surface area contributed by atoms with Crippen molar-refractivity contribution in [1.82, 2.24) is 0 Å². The van der Waals surface area contributed by atoms with Gasteiger partial charge in [0.05, 0.1) is 11.4 Å². The van der Waals surface area contributed by atoms with Gasteiger partial charge < -0.3 is 9.80 Å². The van der Waals surface area contributed by atoms with Gasteiger partial charge in [-0.05, 0) is 217 Å². The Kier molecular flexibility index (Phi) is 9.40. The number of anilines is 6. The van der Waals surface area contributed by atoms with Gasteiger partial charge in [0.25, 0.3) is 0 Å². The SMILES string of the molecule is CC(C)c1ccc2c(c1)c(N(c1ccc3c(c1)C(C)(C)CC3)c1ccc3c(c1)C(C)(C)CC3)cc1c3ccccc3c(N(c3ccc4c(c3)C(C)(C)CC4)c3ccc4c(c3)C(C)(C)CC4)cc21. The van der Waals surface area contributed by atoms with E-state index in [0.717, 1.165) is 25.7 Å². The van der Waals surface area contributed by atoms with Gasteiger partial charge in [-0.1, -0.05) is 130 Å². The Balaban J connectivity index is 1.16. The van der Waals surface area contributed by atoms with Gasteiger partial charge in [0.15, 0.2) is 0 Å². The summed E-state index contributed by atoms with van der Waals surface area (Å²) in [5.41, 5.74) is 21.3. The molecule has 4 aliphatic carbocycles. The van der Waals surface area contributed by atoms with Crippen LogP contribution in [0.5, 0.6) is 0 Å². The molecule has 8 aromatic rings. The van der Waals surface area contributed by atoms with Gasteiger partial charge >= 0.3 is 0 Å². The molecule has 0 bridgehead atoms. The van der Waals surface area contributed by atoms with E-state index in [2.05, 4.69) is 206 Å². The van der Waals surface area contributed by atoms with Crippen LogP contribution in [0.4, 0.5) is 34.1 Å². The quantitative estimate of drug-likeness (QED) is 0.147. The molecule has 12 rings (SSSR count). The van der Waals surface area contributed by atoms with Crippen LogP contribution in [0.25, 0.3) is 32.3 Å². The summed E-state index contributed by atoms with van der Waals surface area (Å²) in [5.74, 6) is 0.388. The average molecular weight is 877 g/mol. The molecule has 0 saturated heterocycles. The summed E-state index contributed by atoms with van der Waals surface area (Å²) in [5, 5.41) is 7.72. The topological polar surface area (TPSA) is 6.48 Å². The molecule has 0 radical (unpaired) electrons. The molecular weight excluding hydrogens is 809 g/mol. The predicted octanol–water partition coefficient (Wildman–Crippen LogP) is 18.1. The minimum atomic E-state index is 0.134. The molecule has 8 aromatic carbocycles. The minimum Gasteiger partial charge on any atom is -0.310 e. The fourth-order valence-corrected chi connectivity index (χ4v) is 13.1. The van der Waals surface area contributed by atoms with Crippen LogP contribution >= 0.6 is 0 Å². The summed E-state index contributed by atoms with van der Waals surface area (Å²) >= 11 is 0. The van der Waals surface area contributed by atoms with Crippen LogP contribution in [0, 0.1) is 0 Å². The second-order valence-electron chi connectivity index (χ2n) is 24.0. The van der Waals surface area contributed by atoms with E-state index in [1.807, 2.05) is 0 Å². The summed E-state index contributed by atoms with van der Waals surface area (Å²) in [6, 6.07) is 51.2. The largest absolute Gasteiger partial charge is 0.310 e. The lowest BCUT2D eigenvalue weighted by molar-refractivity contribution is 0.522. The summed E-state index contributed by atoms with van der Waals surface area (Å²) in [7, 11) is 0. The van der Waals surface area contributed by atoms with Crippen molar-refractivity contribution in [3.63, 3.8) is 0 Å². The predicted molar refractivity (Wildman–Crippen MR) is 288 cm³/mol. The van der Waals surface area contributed by atoms with Gasteiger partial charge in [0.2, 0.25) is 0 Å². The lowest BCUT2D eigenvalue weighted by Crippen LogP contribution is -2.17. The van der Waals surface area contributed by atoms with Crippen LogP contribution in [0.15, 0.2) is 127 Å². The first kappa shape index (κ1) is 42.5. The van der Waals surface area contributed by atoms with Crippen LogP contribution in [0.1, 0.15) is 151 Å². The molecule has 0 heterocycles. The van der Waals surface area contributed by atoms with Crippen LogP contribution in [0.3, 0.4) is 0 Å². The van der Waals surface area contributed by atoms with Crippen LogP contribution in [-0.4, -0.2) is 0 Å². The summed E-state index contributed by atoms with van der Waals surface area (Å²) in [6.07, 6.45) is 9.33. The molecule has 0 unspecified atom stereocenters. The van der Waals surface area contributed by atoms with E-state index in [-0.39, 0.29) is 21.7 Å². The molecule has 0 aromatic heterocycles. The molecule has 2 heteroatoms. The van der Waals surface area contributed by atoms with Crippen molar-refractivity contribution < 1.29 is 0 Å². The molecule has 338 valence electrons.